The highest BCUT2D eigenvalue weighted by Gasteiger charge is 2.10. The van der Waals surface area contributed by atoms with Gasteiger partial charge in [0, 0.05) is 5.56 Å². The molecule has 1 aromatic carbocycles. The van der Waals surface area contributed by atoms with E-state index < -0.39 is 0 Å². The summed E-state index contributed by atoms with van der Waals surface area (Å²) in [6.45, 7) is 2.62. The normalized spacial score (nSPS) is 10.7. The van der Waals surface area contributed by atoms with E-state index >= 15 is 0 Å². The van der Waals surface area contributed by atoms with Crippen LogP contribution in [0, 0.1) is 4.84 Å². The van der Waals surface area contributed by atoms with Gasteiger partial charge in [0.1, 0.15) is 15.6 Å². The minimum atomic E-state index is 0.260. The summed E-state index contributed by atoms with van der Waals surface area (Å²) in [5.74, 6) is 1.32. The van der Waals surface area contributed by atoms with Crippen LogP contribution in [0.15, 0.2) is 34.9 Å². The van der Waals surface area contributed by atoms with E-state index in [1.807, 2.05) is 31.2 Å². The average molecular weight is 305 g/mol. The Morgan fingerprint density at radius 3 is 2.80 bits per heavy atom. The standard InChI is InChI=1S/C13H11N3O2S2/c1-2-17-9-5-3-8(4-6-9)12-14-7-10(20-12)11-15-16-13(19)18-11/h3-7H,2H2,1H3,(H,16,19). The van der Waals surface area contributed by atoms with Crippen LogP contribution in [0.25, 0.3) is 21.3 Å². The molecule has 1 N–H and O–H groups in total. The first-order valence-electron chi connectivity index (χ1n) is 6.01. The van der Waals surface area contributed by atoms with Crippen LogP contribution in [0.3, 0.4) is 0 Å². The van der Waals surface area contributed by atoms with Crippen LogP contribution >= 0.6 is 23.6 Å². The van der Waals surface area contributed by atoms with Crippen molar-refractivity contribution in [2.24, 2.45) is 0 Å². The van der Waals surface area contributed by atoms with Crippen molar-refractivity contribution in [3.05, 3.63) is 35.3 Å². The zero-order chi connectivity index (χ0) is 13.9. The fourth-order valence-corrected chi connectivity index (χ4v) is 2.67. The maximum atomic E-state index is 5.42. The Hall–Kier alpha value is -1.99. The van der Waals surface area contributed by atoms with Crippen molar-refractivity contribution in [1.29, 1.82) is 0 Å². The number of aromatic amines is 1. The van der Waals surface area contributed by atoms with Crippen LogP contribution in [-0.4, -0.2) is 21.8 Å². The molecular formula is C13H11N3O2S2. The maximum Gasteiger partial charge on any atom is 0.284 e. The van der Waals surface area contributed by atoms with Gasteiger partial charge >= 0.3 is 0 Å². The van der Waals surface area contributed by atoms with Gasteiger partial charge in [0.2, 0.25) is 0 Å². The SMILES string of the molecule is CCOc1ccc(-c2ncc(-c3n[nH]c(=S)o3)s2)cc1. The summed E-state index contributed by atoms with van der Waals surface area (Å²) >= 11 is 6.36. The van der Waals surface area contributed by atoms with Crippen LogP contribution in [0.1, 0.15) is 6.92 Å². The second-order valence-electron chi connectivity index (χ2n) is 3.91. The van der Waals surface area contributed by atoms with E-state index in [1.165, 1.54) is 11.3 Å². The zero-order valence-electron chi connectivity index (χ0n) is 10.6. The summed E-state index contributed by atoms with van der Waals surface area (Å²) in [6, 6.07) is 7.82. The predicted octanol–water partition coefficient (Wildman–Crippen LogP) is 3.92. The number of ether oxygens (including phenoxy) is 1. The topological polar surface area (TPSA) is 63.9 Å². The molecule has 0 aliphatic heterocycles. The molecule has 0 radical (unpaired) electrons. The third-order valence-corrected chi connectivity index (χ3v) is 3.78. The minimum Gasteiger partial charge on any atom is -0.494 e. The maximum absolute atomic E-state index is 5.42. The summed E-state index contributed by atoms with van der Waals surface area (Å²) in [4.78, 5) is 5.47. The van der Waals surface area contributed by atoms with E-state index in [9.17, 15) is 0 Å². The number of hydrogen-bond acceptors (Lipinski definition) is 6. The molecule has 0 saturated heterocycles. The molecule has 0 bridgehead atoms. The van der Waals surface area contributed by atoms with E-state index in [4.69, 9.17) is 21.4 Å². The molecule has 0 atom stereocenters. The lowest BCUT2D eigenvalue weighted by Crippen LogP contribution is -1.90. The number of nitrogens with zero attached hydrogens (tertiary/aromatic N) is 2. The molecule has 0 fully saturated rings. The minimum absolute atomic E-state index is 0.260. The van der Waals surface area contributed by atoms with Crippen LogP contribution in [-0.2, 0) is 0 Å². The number of rotatable bonds is 4. The van der Waals surface area contributed by atoms with Crippen LogP contribution < -0.4 is 4.74 Å². The summed E-state index contributed by atoms with van der Waals surface area (Å²) < 4.78 is 10.7. The smallest absolute Gasteiger partial charge is 0.284 e. The second kappa shape index (κ2) is 5.56. The highest BCUT2D eigenvalue weighted by Crippen LogP contribution is 2.31. The molecule has 2 aromatic heterocycles. The van der Waals surface area contributed by atoms with Crippen molar-refractivity contribution in [1.82, 2.24) is 15.2 Å². The van der Waals surface area contributed by atoms with Crippen molar-refractivity contribution in [3.63, 3.8) is 0 Å². The molecule has 0 aliphatic carbocycles. The lowest BCUT2D eigenvalue weighted by molar-refractivity contribution is 0.340. The van der Waals surface area contributed by atoms with Crippen molar-refractivity contribution >= 4 is 23.6 Å². The molecule has 0 saturated carbocycles. The Morgan fingerprint density at radius 2 is 2.15 bits per heavy atom. The van der Waals surface area contributed by atoms with E-state index in [0.717, 1.165) is 21.2 Å². The van der Waals surface area contributed by atoms with Crippen molar-refractivity contribution in [3.8, 4) is 27.1 Å². The number of H-pyrrole nitrogens is 1. The molecule has 20 heavy (non-hydrogen) atoms. The summed E-state index contributed by atoms with van der Waals surface area (Å²) in [5, 5.41) is 7.48. The Bertz CT molecular complexity index is 758. The van der Waals surface area contributed by atoms with Gasteiger partial charge in [-0.05, 0) is 43.4 Å². The van der Waals surface area contributed by atoms with Gasteiger partial charge in [-0.3, -0.25) is 0 Å². The number of hydrogen-bond donors (Lipinski definition) is 1. The van der Waals surface area contributed by atoms with Crippen LogP contribution in [0.5, 0.6) is 5.75 Å². The Morgan fingerprint density at radius 1 is 1.35 bits per heavy atom. The fraction of sp³-hybridized carbons (Fsp3) is 0.154. The largest absolute Gasteiger partial charge is 0.494 e. The van der Waals surface area contributed by atoms with Crippen molar-refractivity contribution in [2.45, 2.75) is 6.92 Å². The summed E-state index contributed by atoms with van der Waals surface area (Å²) in [5.41, 5.74) is 1.03. The highest BCUT2D eigenvalue weighted by atomic mass is 32.1. The molecule has 0 aliphatic rings. The van der Waals surface area contributed by atoms with Gasteiger partial charge in [0.15, 0.2) is 0 Å². The van der Waals surface area contributed by atoms with Crippen LogP contribution in [0.2, 0.25) is 0 Å². The van der Waals surface area contributed by atoms with Gasteiger partial charge < -0.3 is 9.15 Å². The first-order valence-corrected chi connectivity index (χ1v) is 7.23. The molecule has 2 heterocycles. The fourth-order valence-electron chi connectivity index (χ4n) is 1.70. The van der Waals surface area contributed by atoms with E-state index in [0.29, 0.717) is 12.5 Å². The Labute approximate surface area is 124 Å². The van der Waals surface area contributed by atoms with Gasteiger partial charge in [0.05, 0.1) is 12.8 Å². The van der Waals surface area contributed by atoms with Crippen molar-refractivity contribution < 1.29 is 9.15 Å². The molecular weight excluding hydrogens is 294 g/mol. The van der Waals surface area contributed by atoms with Gasteiger partial charge in [-0.1, -0.05) is 0 Å². The number of benzene rings is 1. The molecule has 0 unspecified atom stereocenters. The van der Waals surface area contributed by atoms with E-state index in [1.54, 1.807) is 6.20 Å². The quantitative estimate of drug-likeness (QED) is 0.740. The Kier molecular flexibility index (Phi) is 3.62. The van der Waals surface area contributed by atoms with Gasteiger partial charge in [-0.25, -0.2) is 10.1 Å². The molecule has 5 nitrogen and oxygen atoms in total. The van der Waals surface area contributed by atoms with E-state index in [2.05, 4.69) is 15.2 Å². The number of nitrogens with one attached hydrogen (secondary N) is 1. The lowest BCUT2D eigenvalue weighted by Gasteiger charge is -2.02. The number of thiazole rings is 1. The predicted molar refractivity (Wildman–Crippen MR) is 79.4 cm³/mol. The third kappa shape index (κ3) is 2.63. The molecule has 102 valence electrons. The van der Waals surface area contributed by atoms with Crippen LogP contribution in [0.4, 0.5) is 0 Å². The van der Waals surface area contributed by atoms with Gasteiger partial charge in [-0.2, -0.15) is 0 Å². The second-order valence-corrected chi connectivity index (χ2v) is 5.31. The first-order chi connectivity index (χ1) is 9.76. The first kappa shape index (κ1) is 13.0. The average Bonchev–Trinajstić information content (AvgIpc) is 3.09. The lowest BCUT2D eigenvalue weighted by atomic mass is 10.2. The molecule has 3 aromatic rings. The summed E-state index contributed by atoms with van der Waals surface area (Å²) in [7, 11) is 0. The molecule has 3 rings (SSSR count). The Balaban J connectivity index is 1.87. The van der Waals surface area contributed by atoms with E-state index in [-0.39, 0.29) is 4.84 Å². The molecule has 0 amide bonds. The third-order valence-electron chi connectivity index (χ3n) is 2.57. The zero-order valence-corrected chi connectivity index (χ0v) is 12.3. The van der Waals surface area contributed by atoms with Crippen molar-refractivity contribution in [2.75, 3.05) is 6.61 Å². The van der Waals surface area contributed by atoms with Gasteiger partial charge in [-0.15, -0.1) is 16.4 Å². The highest BCUT2D eigenvalue weighted by molar-refractivity contribution is 7.71. The van der Waals surface area contributed by atoms with Gasteiger partial charge in [0.25, 0.3) is 10.7 Å². The molecule has 7 heteroatoms. The number of aromatic nitrogens is 3. The molecule has 0 spiro atoms. The summed E-state index contributed by atoms with van der Waals surface area (Å²) in [6.07, 6.45) is 1.73. The monoisotopic (exact) mass is 305 g/mol.